The van der Waals surface area contributed by atoms with Gasteiger partial charge in [0.2, 0.25) is 0 Å². The van der Waals surface area contributed by atoms with Crippen LogP contribution >= 0.6 is 0 Å². The summed E-state index contributed by atoms with van der Waals surface area (Å²) in [4.78, 5) is 4.67. The molecule has 0 unspecified atom stereocenters. The molecule has 0 amide bonds. The molecule has 2 aliphatic rings. The summed E-state index contributed by atoms with van der Waals surface area (Å²) in [7, 11) is 0. The number of hydrogen-bond donors (Lipinski definition) is 0. The van der Waals surface area contributed by atoms with Crippen molar-refractivity contribution in [2.75, 3.05) is 9.80 Å². The normalized spacial score (nSPS) is 13.0. The summed E-state index contributed by atoms with van der Waals surface area (Å²) < 4.78 is 13.4. The number of furan rings is 2. The number of rotatable bonds is 8. The van der Waals surface area contributed by atoms with Gasteiger partial charge in [0.05, 0.1) is 16.8 Å². The fraction of sp³-hybridized carbons (Fsp3) is 0.0286. The van der Waals surface area contributed by atoms with Crippen LogP contribution in [-0.2, 0) is 5.41 Å². The molecule has 13 aromatic rings. The zero-order chi connectivity index (χ0) is 49.1. The predicted octanol–water partition coefficient (Wildman–Crippen LogP) is 19.6. The summed E-state index contributed by atoms with van der Waals surface area (Å²) in [5.74, 6) is 0.757. The summed E-state index contributed by atoms with van der Waals surface area (Å²) in [6.07, 6.45) is 5.97. The Hall–Kier alpha value is -9.64. The van der Waals surface area contributed by atoms with Gasteiger partial charge in [-0.25, -0.2) is 0 Å². The number of fused-ring (bicyclic) bond motifs is 16. The van der Waals surface area contributed by atoms with Gasteiger partial charge in [0.25, 0.3) is 0 Å². The Morgan fingerprint density at radius 3 is 1.46 bits per heavy atom. The zero-order valence-electron chi connectivity index (χ0n) is 40.6. The highest BCUT2D eigenvalue weighted by molar-refractivity contribution is 6.11. The number of allylic oxidation sites excluding steroid dienone is 1. The van der Waals surface area contributed by atoms with E-state index in [2.05, 4.69) is 253 Å². The van der Waals surface area contributed by atoms with Crippen LogP contribution < -0.4 is 9.80 Å². The van der Waals surface area contributed by atoms with Crippen molar-refractivity contribution in [1.29, 1.82) is 0 Å². The van der Waals surface area contributed by atoms with E-state index in [0.29, 0.717) is 0 Å². The second-order valence-corrected chi connectivity index (χ2v) is 19.5. The number of para-hydroxylation sites is 5. The molecular formula is C70H46N2O2. The maximum atomic E-state index is 6.70. The summed E-state index contributed by atoms with van der Waals surface area (Å²) in [6, 6.07) is 84.3. The van der Waals surface area contributed by atoms with Crippen molar-refractivity contribution in [3.8, 4) is 22.3 Å². The van der Waals surface area contributed by atoms with Crippen LogP contribution in [0.25, 0.3) is 88.9 Å². The maximum Gasteiger partial charge on any atom is 0.159 e. The van der Waals surface area contributed by atoms with E-state index in [1.54, 1.807) is 6.08 Å². The van der Waals surface area contributed by atoms with E-state index in [4.69, 9.17) is 8.83 Å². The minimum absolute atomic E-state index is 0.575. The highest BCUT2D eigenvalue weighted by atomic mass is 16.3. The Balaban J connectivity index is 0.953. The first kappa shape index (κ1) is 42.1. The van der Waals surface area contributed by atoms with E-state index in [-0.39, 0.29) is 0 Å². The molecule has 0 bridgehead atoms. The van der Waals surface area contributed by atoms with Gasteiger partial charge in [-0.15, -0.1) is 0 Å². The van der Waals surface area contributed by atoms with Crippen LogP contribution in [0.1, 0.15) is 40.5 Å². The van der Waals surface area contributed by atoms with Crippen molar-refractivity contribution in [1.82, 2.24) is 0 Å². The molecule has 4 nitrogen and oxygen atoms in total. The van der Waals surface area contributed by atoms with Gasteiger partial charge in [0, 0.05) is 44.5 Å². The van der Waals surface area contributed by atoms with Crippen molar-refractivity contribution >= 4 is 101 Å². The van der Waals surface area contributed by atoms with Gasteiger partial charge in [-0.05, 0) is 170 Å². The third-order valence-electron chi connectivity index (χ3n) is 15.7. The molecule has 74 heavy (non-hydrogen) atoms. The smallest absolute Gasteiger partial charge is 0.159 e. The van der Waals surface area contributed by atoms with Crippen LogP contribution in [0.4, 0.5) is 34.1 Å². The number of nitrogens with zero attached hydrogens (tertiary/aromatic N) is 2. The maximum absolute atomic E-state index is 6.70. The second-order valence-electron chi connectivity index (χ2n) is 19.5. The Bertz CT molecular complexity index is 4440. The fourth-order valence-corrected chi connectivity index (χ4v) is 12.6. The zero-order valence-corrected chi connectivity index (χ0v) is 40.6. The molecular weight excluding hydrogens is 901 g/mol. The van der Waals surface area contributed by atoms with Crippen LogP contribution in [0.5, 0.6) is 0 Å². The molecule has 1 spiro atoms. The highest BCUT2D eigenvalue weighted by Gasteiger charge is 2.52. The molecule has 2 aliphatic carbocycles. The number of hydrogen-bond acceptors (Lipinski definition) is 4. The predicted molar refractivity (Wildman–Crippen MR) is 309 cm³/mol. The molecule has 348 valence electrons. The van der Waals surface area contributed by atoms with Gasteiger partial charge >= 0.3 is 0 Å². The minimum Gasteiger partial charge on any atom is -0.454 e. The lowest BCUT2D eigenvalue weighted by Crippen LogP contribution is -2.25. The van der Waals surface area contributed by atoms with Crippen LogP contribution in [0.15, 0.2) is 252 Å². The molecule has 0 radical (unpaired) electrons. The first-order valence-corrected chi connectivity index (χ1v) is 25.4. The summed E-state index contributed by atoms with van der Waals surface area (Å²) in [6.45, 7) is 6.15. The van der Waals surface area contributed by atoms with Crippen molar-refractivity contribution in [3.63, 3.8) is 0 Å². The van der Waals surface area contributed by atoms with Crippen LogP contribution in [0, 0.1) is 0 Å². The Labute approximate surface area is 428 Å². The Morgan fingerprint density at radius 1 is 0.392 bits per heavy atom. The molecule has 15 rings (SSSR count). The Morgan fingerprint density at radius 2 is 0.892 bits per heavy atom. The van der Waals surface area contributed by atoms with E-state index >= 15 is 0 Å². The van der Waals surface area contributed by atoms with Crippen molar-refractivity contribution < 1.29 is 8.83 Å². The number of benzene rings is 11. The molecule has 0 saturated carbocycles. The SMILES string of the molecule is C=Cc1oc2c(N(c3ccccc3)c3ccc4cc5c(cc4c3)C3(c4ccccc4-c4ccccc43)c3cc4cc(N(c6ccccc6)c6cccc7c6oc6ccccc67)ccc4cc3-5)cccc2c1/C=C\C. The van der Waals surface area contributed by atoms with Gasteiger partial charge in [-0.2, -0.15) is 0 Å². The van der Waals surface area contributed by atoms with Gasteiger partial charge in [-0.3, -0.25) is 0 Å². The van der Waals surface area contributed by atoms with Crippen molar-refractivity contribution in [2.45, 2.75) is 12.3 Å². The van der Waals surface area contributed by atoms with Crippen LogP contribution in [0.2, 0.25) is 0 Å². The third-order valence-corrected chi connectivity index (χ3v) is 15.7. The van der Waals surface area contributed by atoms with E-state index < -0.39 is 5.41 Å². The molecule has 11 aromatic carbocycles. The van der Waals surface area contributed by atoms with Gasteiger partial charge in [-0.1, -0.05) is 158 Å². The summed E-state index contributed by atoms with van der Waals surface area (Å²) >= 11 is 0. The summed E-state index contributed by atoms with van der Waals surface area (Å²) in [5.41, 5.74) is 19.4. The standard InChI is InChI=1S/C70H46N2O2/c1-3-19-54-56-27-17-31-64(68(56)73-66(54)4-2)71(48-20-7-5-8-21-48)50-36-34-44-40-58-59-41-45-35-37-51(72(49-22-9-6-10-23-49)65-32-18-28-57-55-26-13-16-33-67(55)74-69(57)65)39-47(45)43-63(59)70(62(58)42-46(44)38-50)60-29-14-11-24-52(60)53-25-12-15-30-61(53)70/h3-43H,2H2,1H3/b19-3-. The van der Waals surface area contributed by atoms with Gasteiger partial charge in [0.15, 0.2) is 11.2 Å². The molecule has 0 saturated heterocycles. The lowest BCUT2D eigenvalue weighted by Gasteiger charge is -2.31. The van der Waals surface area contributed by atoms with Crippen LogP contribution in [0.3, 0.4) is 0 Å². The molecule has 2 heterocycles. The lowest BCUT2D eigenvalue weighted by molar-refractivity contribution is 0.604. The van der Waals surface area contributed by atoms with Gasteiger partial charge < -0.3 is 18.6 Å². The minimum atomic E-state index is -0.575. The first-order chi connectivity index (χ1) is 36.6. The quantitative estimate of drug-likeness (QED) is 0.152. The average molecular weight is 947 g/mol. The van der Waals surface area contributed by atoms with Crippen LogP contribution in [-0.4, -0.2) is 0 Å². The third kappa shape index (κ3) is 5.97. The number of anilines is 6. The Kier molecular flexibility index (Phi) is 9.21. The molecule has 4 heteroatoms. The fourth-order valence-electron chi connectivity index (χ4n) is 12.6. The molecule has 2 aromatic heterocycles. The van der Waals surface area contributed by atoms with E-state index in [0.717, 1.165) is 83.7 Å². The van der Waals surface area contributed by atoms with Gasteiger partial charge in [0.1, 0.15) is 11.3 Å². The van der Waals surface area contributed by atoms with E-state index in [1.807, 2.05) is 13.0 Å². The second kappa shape index (κ2) is 16.2. The largest absolute Gasteiger partial charge is 0.454 e. The molecule has 0 N–H and O–H groups in total. The summed E-state index contributed by atoms with van der Waals surface area (Å²) in [5, 5.41) is 7.94. The van der Waals surface area contributed by atoms with E-state index in [1.165, 1.54) is 60.7 Å². The topological polar surface area (TPSA) is 32.8 Å². The molecule has 0 aliphatic heterocycles. The highest BCUT2D eigenvalue weighted by Crippen LogP contribution is 2.64. The first-order valence-electron chi connectivity index (χ1n) is 25.4. The monoisotopic (exact) mass is 946 g/mol. The molecule has 0 fully saturated rings. The molecule has 0 atom stereocenters. The van der Waals surface area contributed by atoms with E-state index in [9.17, 15) is 0 Å². The van der Waals surface area contributed by atoms with Crippen molar-refractivity contribution in [3.05, 3.63) is 277 Å². The van der Waals surface area contributed by atoms with Crippen molar-refractivity contribution in [2.24, 2.45) is 0 Å². The lowest BCUT2D eigenvalue weighted by atomic mass is 9.70. The average Bonchev–Trinajstić information content (AvgIpc) is 4.34.